The number of guanidine groups is 1. The molecule has 3 rings (SSSR count). The lowest BCUT2D eigenvalue weighted by Gasteiger charge is -2.08. The van der Waals surface area contributed by atoms with Gasteiger partial charge in [0.25, 0.3) is 11.8 Å². The second-order valence-electron chi connectivity index (χ2n) is 6.29. The zero-order chi connectivity index (χ0) is 19.4. The smallest absolute Gasteiger partial charge is 0.272 e. The molecule has 10 nitrogen and oxygen atoms in total. The van der Waals surface area contributed by atoms with Gasteiger partial charge in [0.1, 0.15) is 11.4 Å². The Bertz CT molecular complexity index is 880. The lowest BCUT2D eigenvalue weighted by Crippen LogP contribution is -2.39. The molecule has 0 fully saturated rings. The first-order valence-corrected chi connectivity index (χ1v) is 8.64. The van der Waals surface area contributed by atoms with E-state index in [-0.39, 0.29) is 11.8 Å². The van der Waals surface area contributed by atoms with Gasteiger partial charge < -0.3 is 36.1 Å². The summed E-state index contributed by atoms with van der Waals surface area (Å²) in [6.45, 7) is 2.62. The molecule has 0 bridgehead atoms. The Morgan fingerprint density at radius 1 is 1.15 bits per heavy atom. The van der Waals surface area contributed by atoms with Crippen molar-refractivity contribution < 1.29 is 9.59 Å². The van der Waals surface area contributed by atoms with Gasteiger partial charge in [-0.15, -0.1) is 0 Å². The molecule has 2 amide bonds. The highest BCUT2D eigenvalue weighted by molar-refractivity contribution is 6.04. The van der Waals surface area contributed by atoms with Gasteiger partial charge in [-0.3, -0.25) is 14.6 Å². The normalized spacial score (nSPS) is 13.0. The minimum Gasteiger partial charge on any atom is -0.397 e. The highest BCUT2D eigenvalue weighted by Gasteiger charge is 2.15. The summed E-state index contributed by atoms with van der Waals surface area (Å²) in [6.07, 6.45) is 3.36. The summed E-state index contributed by atoms with van der Waals surface area (Å²) in [7, 11) is 3.50. The third-order valence-electron chi connectivity index (χ3n) is 4.13. The standard InChI is InChI=1S/C17H24N8O2/c1-24-9-11(18)7-13(24)16(27)23-12-8-14(25(2)10-12)15(26)19-3-4-20-17-21-5-6-22-17/h7-10H,3-6,18H2,1-2H3,(H,19,26)(H,23,27)(H2,20,21,22). The zero-order valence-corrected chi connectivity index (χ0v) is 15.4. The average Bonchev–Trinajstić information content (AvgIpc) is 3.32. The van der Waals surface area contributed by atoms with Crippen molar-refractivity contribution in [1.29, 1.82) is 0 Å². The second-order valence-corrected chi connectivity index (χ2v) is 6.29. The van der Waals surface area contributed by atoms with Gasteiger partial charge >= 0.3 is 0 Å². The molecule has 2 aromatic rings. The molecular weight excluding hydrogens is 348 g/mol. The molecule has 0 aliphatic carbocycles. The number of aromatic nitrogens is 2. The number of aliphatic imine (C=N–C) groups is 1. The SMILES string of the molecule is Cn1cc(NC(=O)c2cc(N)cn2C)cc1C(=O)NCCNC1=NCCN1. The lowest BCUT2D eigenvalue weighted by molar-refractivity contribution is 0.0945. The van der Waals surface area contributed by atoms with Crippen molar-refractivity contribution in [3.05, 3.63) is 35.9 Å². The van der Waals surface area contributed by atoms with Gasteiger partial charge in [-0.05, 0) is 12.1 Å². The molecule has 10 heteroatoms. The molecule has 6 N–H and O–H groups in total. The number of anilines is 2. The van der Waals surface area contributed by atoms with E-state index in [0.717, 1.165) is 19.0 Å². The average molecular weight is 372 g/mol. The Kier molecular flexibility index (Phi) is 5.34. The third-order valence-corrected chi connectivity index (χ3v) is 4.13. The molecule has 0 unspecified atom stereocenters. The summed E-state index contributed by atoms with van der Waals surface area (Å²) in [5, 5.41) is 11.8. The number of amides is 2. The molecule has 0 aromatic carbocycles. The fourth-order valence-electron chi connectivity index (χ4n) is 2.83. The van der Waals surface area contributed by atoms with Crippen molar-refractivity contribution in [3.8, 4) is 0 Å². The van der Waals surface area contributed by atoms with Crippen LogP contribution >= 0.6 is 0 Å². The van der Waals surface area contributed by atoms with Crippen molar-refractivity contribution >= 4 is 29.1 Å². The first-order valence-electron chi connectivity index (χ1n) is 8.64. The summed E-state index contributed by atoms with van der Waals surface area (Å²) in [6, 6.07) is 3.23. The first-order chi connectivity index (χ1) is 12.9. The molecule has 0 atom stereocenters. The monoisotopic (exact) mass is 372 g/mol. The van der Waals surface area contributed by atoms with Crippen LogP contribution in [-0.4, -0.2) is 53.1 Å². The van der Waals surface area contributed by atoms with Crippen LogP contribution in [0.2, 0.25) is 0 Å². The molecule has 0 saturated heterocycles. The maximum Gasteiger partial charge on any atom is 0.272 e. The minimum absolute atomic E-state index is 0.218. The van der Waals surface area contributed by atoms with Crippen LogP contribution in [0.5, 0.6) is 0 Å². The van der Waals surface area contributed by atoms with E-state index in [0.29, 0.717) is 35.9 Å². The second kappa shape index (κ2) is 7.85. The fraction of sp³-hybridized carbons (Fsp3) is 0.353. The Labute approximate surface area is 156 Å². The number of aryl methyl sites for hydroxylation is 2. The molecule has 3 heterocycles. The zero-order valence-electron chi connectivity index (χ0n) is 15.4. The van der Waals surface area contributed by atoms with Crippen molar-refractivity contribution in [2.75, 3.05) is 37.2 Å². The van der Waals surface area contributed by atoms with Gasteiger partial charge in [-0.1, -0.05) is 0 Å². The number of rotatable bonds is 6. The van der Waals surface area contributed by atoms with Crippen molar-refractivity contribution in [1.82, 2.24) is 25.1 Å². The molecule has 2 aromatic heterocycles. The fourth-order valence-corrected chi connectivity index (χ4v) is 2.83. The Balaban J connectivity index is 1.54. The molecule has 0 spiro atoms. The summed E-state index contributed by atoms with van der Waals surface area (Å²) >= 11 is 0. The van der Waals surface area contributed by atoms with E-state index in [1.165, 1.54) is 0 Å². The van der Waals surface area contributed by atoms with E-state index in [1.807, 2.05) is 0 Å². The largest absolute Gasteiger partial charge is 0.397 e. The summed E-state index contributed by atoms with van der Waals surface area (Å²) < 4.78 is 3.32. The molecular formula is C17H24N8O2. The van der Waals surface area contributed by atoms with Gasteiger partial charge in [-0.25, -0.2) is 0 Å². The Hall–Kier alpha value is -3.43. The van der Waals surface area contributed by atoms with E-state index in [1.54, 1.807) is 47.8 Å². The van der Waals surface area contributed by atoms with Crippen LogP contribution in [0.4, 0.5) is 11.4 Å². The predicted octanol–water partition coefficient (Wildman–Crippen LogP) is -0.523. The van der Waals surface area contributed by atoms with Gasteiger partial charge in [-0.2, -0.15) is 0 Å². The van der Waals surface area contributed by atoms with Gasteiger partial charge in [0, 0.05) is 46.1 Å². The number of nitrogen functional groups attached to an aromatic ring is 1. The molecule has 27 heavy (non-hydrogen) atoms. The molecule has 1 aliphatic rings. The molecule has 0 radical (unpaired) electrons. The number of hydrogen-bond acceptors (Lipinski definition) is 6. The van der Waals surface area contributed by atoms with Crippen molar-refractivity contribution in [3.63, 3.8) is 0 Å². The number of hydrogen-bond donors (Lipinski definition) is 5. The third kappa shape index (κ3) is 4.40. The topological polar surface area (TPSA) is 130 Å². The van der Waals surface area contributed by atoms with Crippen LogP contribution in [0, 0.1) is 0 Å². The Morgan fingerprint density at radius 2 is 1.89 bits per heavy atom. The maximum atomic E-state index is 12.4. The number of nitrogens with zero attached hydrogens (tertiary/aromatic N) is 3. The minimum atomic E-state index is -0.291. The number of carbonyl (C=O) groups excluding carboxylic acids is 2. The van der Waals surface area contributed by atoms with Gasteiger partial charge in [0.05, 0.1) is 17.9 Å². The highest BCUT2D eigenvalue weighted by atomic mass is 16.2. The highest BCUT2D eigenvalue weighted by Crippen LogP contribution is 2.16. The summed E-state index contributed by atoms with van der Waals surface area (Å²) in [4.78, 5) is 28.9. The van der Waals surface area contributed by atoms with Crippen LogP contribution in [0.15, 0.2) is 29.5 Å². The number of carbonyl (C=O) groups is 2. The molecule has 144 valence electrons. The van der Waals surface area contributed by atoms with E-state index in [9.17, 15) is 9.59 Å². The van der Waals surface area contributed by atoms with E-state index < -0.39 is 0 Å². The van der Waals surface area contributed by atoms with Gasteiger partial charge in [0.15, 0.2) is 5.96 Å². The molecule has 0 saturated carbocycles. The van der Waals surface area contributed by atoms with Crippen molar-refractivity contribution in [2.24, 2.45) is 19.1 Å². The summed E-state index contributed by atoms with van der Waals surface area (Å²) in [5.41, 5.74) is 7.65. The van der Waals surface area contributed by atoms with Crippen molar-refractivity contribution in [2.45, 2.75) is 0 Å². The van der Waals surface area contributed by atoms with Gasteiger partial charge in [0.2, 0.25) is 0 Å². The van der Waals surface area contributed by atoms with E-state index in [2.05, 4.69) is 26.3 Å². The predicted molar refractivity (Wildman–Crippen MR) is 104 cm³/mol. The van der Waals surface area contributed by atoms with E-state index >= 15 is 0 Å². The maximum absolute atomic E-state index is 12.4. The van der Waals surface area contributed by atoms with E-state index in [4.69, 9.17) is 5.73 Å². The van der Waals surface area contributed by atoms with Crippen LogP contribution in [0.1, 0.15) is 21.0 Å². The molecule has 1 aliphatic heterocycles. The summed E-state index contributed by atoms with van der Waals surface area (Å²) in [5.74, 6) is 0.249. The van der Waals surface area contributed by atoms with Crippen LogP contribution in [-0.2, 0) is 14.1 Å². The van der Waals surface area contributed by atoms with Crippen LogP contribution in [0.25, 0.3) is 0 Å². The van der Waals surface area contributed by atoms with Crippen LogP contribution < -0.4 is 27.0 Å². The Morgan fingerprint density at radius 3 is 2.56 bits per heavy atom. The quantitative estimate of drug-likeness (QED) is 0.436. The first kappa shape index (κ1) is 18.4. The number of nitrogens with two attached hydrogens (primary N) is 1. The lowest BCUT2D eigenvalue weighted by atomic mass is 10.3. The number of nitrogens with one attached hydrogen (secondary N) is 4. The van der Waals surface area contributed by atoms with Crippen LogP contribution in [0.3, 0.4) is 0 Å².